The quantitative estimate of drug-likeness (QED) is 0.663. The van der Waals surface area contributed by atoms with E-state index in [1.165, 1.54) is 0 Å². The molecule has 0 saturated heterocycles. The van der Waals surface area contributed by atoms with Gasteiger partial charge in [0.15, 0.2) is 0 Å². The topological polar surface area (TPSA) is 17.1 Å². The third-order valence-electron chi connectivity index (χ3n) is 2.46. The average Bonchev–Trinajstić information content (AvgIpc) is 2.35. The molecule has 5 heteroatoms. The van der Waals surface area contributed by atoms with Crippen molar-refractivity contribution < 1.29 is 13.0 Å². The van der Waals surface area contributed by atoms with Gasteiger partial charge in [-0.25, -0.2) is 13.0 Å². The summed E-state index contributed by atoms with van der Waals surface area (Å²) in [6.45, 7) is 0. The minimum atomic E-state index is -2.39. The highest BCUT2D eigenvalue weighted by molar-refractivity contribution is 8.08. The van der Waals surface area contributed by atoms with Gasteiger partial charge in [-0.2, -0.15) is 0 Å². The Balaban J connectivity index is 2.65. The Labute approximate surface area is 77.4 Å². The van der Waals surface area contributed by atoms with Gasteiger partial charge in [-0.05, 0) is 23.5 Å². The van der Waals surface area contributed by atoms with Crippen LogP contribution >= 0.6 is 10.7 Å². The van der Waals surface area contributed by atoms with E-state index in [9.17, 15) is 13.0 Å². The van der Waals surface area contributed by atoms with Gasteiger partial charge in [0.2, 0.25) is 6.43 Å². The predicted molar refractivity (Wildman–Crippen MR) is 45.8 cm³/mol. The minimum Gasteiger partial charge on any atom is -0.243 e. The monoisotopic (exact) mass is 216 g/mol. The average molecular weight is 217 g/mol. The van der Waals surface area contributed by atoms with Crippen molar-refractivity contribution >= 4 is 20.7 Å². The Morgan fingerprint density at radius 2 is 1.92 bits per heavy atom. The molecule has 1 unspecified atom stereocenters. The van der Waals surface area contributed by atoms with Crippen molar-refractivity contribution in [3.05, 3.63) is 0 Å². The first-order valence-electron chi connectivity index (χ1n) is 3.90. The van der Waals surface area contributed by atoms with Crippen LogP contribution < -0.4 is 0 Å². The maximum Gasteiger partial charge on any atom is 0.245 e. The molecule has 1 aliphatic carbocycles. The third-order valence-corrected chi connectivity index (χ3v) is 3.59. The fourth-order valence-electron chi connectivity index (χ4n) is 1.73. The zero-order valence-electron chi connectivity index (χ0n) is 6.56. The van der Waals surface area contributed by atoms with E-state index in [1.54, 1.807) is 0 Å². The molecule has 0 spiro atoms. The Hall–Kier alpha value is 0.300. The lowest BCUT2D eigenvalue weighted by molar-refractivity contribution is 0.0149. The molecule has 0 bridgehead atoms. The van der Waals surface area contributed by atoms with Gasteiger partial charge in [0.05, 0.1) is 0 Å². The van der Waals surface area contributed by atoms with E-state index in [-0.39, 0.29) is 5.75 Å². The summed E-state index contributed by atoms with van der Waals surface area (Å²) in [5.41, 5.74) is -1.05. The van der Waals surface area contributed by atoms with Gasteiger partial charge in [0.25, 0.3) is 0 Å². The highest BCUT2D eigenvalue weighted by Crippen LogP contribution is 2.44. The molecule has 72 valence electrons. The molecule has 0 amide bonds. The zero-order chi connectivity index (χ0) is 9.19. The Morgan fingerprint density at radius 3 is 2.25 bits per heavy atom. The minimum absolute atomic E-state index is 0.0633. The molecule has 0 aromatic rings. The van der Waals surface area contributed by atoms with Crippen LogP contribution in [0.2, 0.25) is 0 Å². The van der Waals surface area contributed by atoms with Crippen LogP contribution in [-0.2, 0) is 10.0 Å². The summed E-state index contributed by atoms with van der Waals surface area (Å²) in [7, 11) is 3.61. The number of halogens is 3. The molecule has 1 aliphatic rings. The van der Waals surface area contributed by atoms with E-state index < -0.39 is 21.9 Å². The highest BCUT2D eigenvalue weighted by atomic mass is 35.7. The third kappa shape index (κ3) is 2.16. The lowest BCUT2D eigenvalue weighted by atomic mass is 9.89. The summed E-state index contributed by atoms with van der Waals surface area (Å²) in [5, 5.41) is 0. The summed E-state index contributed by atoms with van der Waals surface area (Å²) < 4.78 is 35.8. The maximum atomic E-state index is 12.6. The molecule has 0 aromatic heterocycles. The van der Waals surface area contributed by atoms with Crippen molar-refractivity contribution in [3.63, 3.8) is 0 Å². The van der Waals surface area contributed by atoms with Crippen LogP contribution in [0.15, 0.2) is 0 Å². The fourth-order valence-corrected chi connectivity index (χ4v) is 3.25. The van der Waals surface area contributed by atoms with E-state index in [4.69, 9.17) is 10.7 Å². The van der Waals surface area contributed by atoms with Crippen molar-refractivity contribution in [3.8, 4) is 0 Å². The van der Waals surface area contributed by atoms with Gasteiger partial charge in [0, 0.05) is 11.2 Å². The van der Waals surface area contributed by atoms with Gasteiger partial charge in [0.1, 0.15) is 10.0 Å². The van der Waals surface area contributed by atoms with E-state index in [2.05, 4.69) is 0 Å². The lowest BCUT2D eigenvalue weighted by Gasteiger charge is -2.25. The van der Waals surface area contributed by atoms with Gasteiger partial charge >= 0.3 is 0 Å². The second-order valence-electron chi connectivity index (χ2n) is 3.30. The number of rotatable bonds is 3. The van der Waals surface area contributed by atoms with Crippen LogP contribution in [0, 0.1) is 5.41 Å². The molecular formula is C7H11ClF2OS. The van der Waals surface area contributed by atoms with Crippen molar-refractivity contribution in [1.29, 1.82) is 0 Å². The van der Waals surface area contributed by atoms with Crippen molar-refractivity contribution in [2.45, 2.75) is 32.1 Å². The van der Waals surface area contributed by atoms with Crippen molar-refractivity contribution in [2.24, 2.45) is 5.41 Å². The smallest absolute Gasteiger partial charge is 0.243 e. The molecule has 0 N–H and O–H groups in total. The largest absolute Gasteiger partial charge is 0.245 e. The van der Waals surface area contributed by atoms with Gasteiger partial charge in [-0.3, -0.25) is 0 Å². The first kappa shape index (κ1) is 10.4. The Morgan fingerprint density at radius 1 is 1.42 bits per heavy atom. The van der Waals surface area contributed by atoms with Gasteiger partial charge in [-0.1, -0.05) is 12.8 Å². The molecule has 1 nitrogen and oxygen atoms in total. The summed E-state index contributed by atoms with van der Waals surface area (Å²) >= 11 is 0. The van der Waals surface area contributed by atoms with Crippen LogP contribution in [0.3, 0.4) is 0 Å². The molecule has 1 rings (SSSR count). The van der Waals surface area contributed by atoms with Crippen LogP contribution in [0.1, 0.15) is 25.7 Å². The number of alkyl halides is 2. The summed E-state index contributed by atoms with van der Waals surface area (Å²) in [4.78, 5) is 0. The number of hydrogen-bond donors (Lipinski definition) is 0. The second kappa shape index (κ2) is 4.01. The molecule has 1 atom stereocenters. The molecule has 0 aliphatic heterocycles. The number of hydrogen-bond acceptors (Lipinski definition) is 1. The first-order valence-corrected chi connectivity index (χ1v) is 6.04. The predicted octanol–water partition coefficient (Wildman–Crippen LogP) is 2.71. The van der Waals surface area contributed by atoms with E-state index in [1.807, 2.05) is 0 Å². The van der Waals surface area contributed by atoms with Crippen LogP contribution in [0.5, 0.6) is 0 Å². The first-order chi connectivity index (χ1) is 5.57. The van der Waals surface area contributed by atoms with Crippen molar-refractivity contribution in [1.82, 2.24) is 0 Å². The van der Waals surface area contributed by atoms with Crippen LogP contribution in [0.4, 0.5) is 8.78 Å². The van der Waals surface area contributed by atoms with Crippen molar-refractivity contribution in [2.75, 3.05) is 5.75 Å². The second-order valence-corrected chi connectivity index (χ2v) is 5.21. The molecule has 0 aromatic carbocycles. The summed E-state index contributed by atoms with van der Waals surface area (Å²) in [5.74, 6) is -0.0633. The van der Waals surface area contributed by atoms with Gasteiger partial charge in [-0.15, -0.1) is 0 Å². The Bertz CT molecular complexity index is 180. The van der Waals surface area contributed by atoms with Crippen LogP contribution in [0.25, 0.3) is 0 Å². The van der Waals surface area contributed by atoms with Gasteiger partial charge < -0.3 is 0 Å². The molecule has 12 heavy (non-hydrogen) atoms. The normalized spacial score (nSPS) is 24.7. The maximum absolute atomic E-state index is 12.6. The molecule has 0 heterocycles. The van der Waals surface area contributed by atoms with E-state index in [0.29, 0.717) is 12.8 Å². The summed E-state index contributed by atoms with van der Waals surface area (Å²) in [6.07, 6.45) is 0.144. The summed E-state index contributed by atoms with van der Waals surface area (Å²) in [6, 6.07) is 0. The van der Waals surface area contributed by atoms with E-state index >= 15 is 0 Å². The standard InChI is InChI=1S/C7H11ClF2OS/c8-12(11)5-7(6(9)10)3-1-2-4-7/h6H,1-5H2. The van der Waals surface area contributed by atoms with Crippen LogP contribution in [-0.4, -0.2) is 16.4 Å². The lowest BCUT2D eigenvalue weighted by Crippen LogP contribution is -2.31. The Kier molecular flexibility index (Phi) is 3.47. The SMILES string of the molecule is O=S(Cl)CC1(C(F)F)CCCC1. The molecule has 1 fully saturated rings. The zero-order valence-corrected chi connectivity index (χ0v) is 8.14. The molecule has 0 radical (unpaired) electrons. The fraction of sp³-hybridized carbons (Fsp3) is 1.00. The highest BCUT2D eigenvalue weighted by Gasteiger charge is 2.43. The van der Waals surface area contributed by atoms with E-state index in [0.717, 1.165) is 12.8 Å². The molecular weight excluding hydrogens is 206 g/mol. The molecule has 1 saturated carbocycles.